The van der Waals surface area contributed by atoms with Gasteiger partial charge < -0.3 is 0 Å². The van der Waals surface area contributed by atoms with Crippen LogP contribution in [-0.2, 0) is 0 Å². The lowest BCUT2D eigenvalue weighted by molar-refractivity contribution is 0.594. The average Bonchev–Trinajstić information content (AvgIpc) is 2.54. The topological polar surface area (TPSA) is 0 Å². The monoisotopic (exact) mass is 182 g/mol. The van der Waals surface area contributed by atoms with Gasteiger partial charge in [-0.05, 0) is 43.4 Å². The van der Waals surface area contributed by atoms with E-state index in [0.29, 0.717) is 0 Å². The summed E-state index contributed by atoms with van der Waals surface area (Å²) in [5.41, 5.74) is 1.82. The highest BCUT2D eigenvalue weighted by atomic mass is 32.2. The second-order valence-corrected chi connectivity index (χ2v) is 5.59. The number of rotatable bonds is 0. The molecular formula is C11H18S. The molecule has 1 aliphatic carbocycles. The zero-order valence-electron chi connectivity index (χ0n) is 7.94. The summed E-state index contributed by atoms with van der Waals surface area (Å²) in [6.45, 7) is 2.36. The van der Waals surface area contributed by atoms with Gasteiger partial charge in [0.15, 0.2) is 0 Å². The molecule has 1 heteroatoms. The highest BCUT2D eigenvalue weighted by Crippen LogP contribution is 2.42. The summed E-state index contributed by atoms with van der Waals surface area (Å²) in [6.07, 6.45) is 10.0. The Balaban J connectivity index is 2.03. The molecule has 1 saturated carbocycles. The minimum atomic E-state index is 0.898. The molecule has 0 aromatic heterocycles. The van der Waals surface area contributed by atoms with Crippen LogP contribution >= 0.6 is 11.8 Å². The normalized spacial score (nSPS) is 31.2. The van der Waals surface area contributed by atoms with Crippen molar-refractivity contribution in [1.82, 2.24) is 0 Å². The zero-order valence-corrected chi connectivity index (χ0v) is 8.75. The van der Waals surface area contributed by atoms with Crippen LogP contribution in [0.25, 0.3) is 0 Å². The van der Waals surface area contributed by atoms with Crippen molar-refractivity contribution in [3.05, 3.63) is 10.5 Å². The molecule has 1 unspecified atom stereocenters. The molecular weight excluding hydrogens is 164 g/mol. The lowest BCUT2D eigenvalue weighted by Crippen LogP contribution is -1.95. The third-order valence-corrected chi connectivity index (χ3v) is 4.39. The Morgan fingerprint density at radius 1 is 1.08 bits per heavy atom. The van der Waals surface area contributed by atoms with E-state index < -0.39 is 0 Å². The Morgan fingerprint density at radius 3 is 2.42 bits per heavy atom. The van der Waals surface area contributed by atoms with Crippen molar-refractivity contribution in [3.8, 4) is 0 Å². The summed E-state index contributed by atoms with van der Waals surface area (Å²) in [5.74, 6) is 0. The first-order chi connectivity index (χ1) is 5.86. The van der Waals surface area contributed by atoms with Gasteiger partial charge in [0.25, 0.3) is 0 Å². The number of hydrogen-bond donors (Lipinski definition) is 0. The minimum Gasteiger partial charge on any atom is -0.128 e. The smallest absolute Gasteiger partial charge is 0.00661 e. The molecule has 0 aromatic rings. The molecule has 68 valence electrons. The van der Waals surface area contributed by atoms with Crippen molar-refractivity contribution >= 4 is 11.8 Å². The van der Waals surface area contributed by atoms with Crippen LogP contribution in [0.5, 0.6) is 0 Å². The molecule has 1 saturated heterocycles. The van der Waals surface area contributed by atoms with Gasteiger partial charge in [0.1, 0.15) is 0 Å². The fraction of sp³-hybridized carbons (Fsp3) is 0.818. The molecule has 1 atom stereocenters. The van der Waals surface area contributed by atoms with Crippen LogP contribution in [0.15, 0.2) is 10.5 Å². The van der Waals surface area contributed by atoms with E-state index in [0.717, 1.165) is 5.25 Å². The Labute approximate surface area is 79.8 Å². The average molecular weight is 182 g/mol. The Kier molecular flexibility index (Phi) is 2.80. The lowest BCUT2D eigenvalue weighted by atomic mass is 9.94. The molecule has 0 spiro atoms. The third-order valence-electron chi connectivity index (χ3n) is 2.97. The number of allylic oxidation sites excluding steroid dienone is 2. The highest BCUT2D eigenvalue weighted by molar-refractivity contribution is 8.03. The number of hydrogen-bond acceptors (Lipinski definition) is 1. The van der Waals surface area contributed by atoms with E-state index in [2.05, 4.69) is 18.7 Å². The van der Waals surface area contributed by atoms with Crippen molar-refractivity contribution in [2.24, 2.45) is 0 Å². The molecule has 0 nitrogen and oxygen atoms in total. The van der Waals surface area contributed by atoms with E-state index in [4.69, 9.17) is 0 Å². The maximum Gasteiger partial charge on any atom is 0.00661 e. The van der Waals surface area contributed by atoms with Gasteiger partial charge in [0.2, 0.25) is 0 Å². The van der Waals surface area contributed by atoms with Crippen LogP contribution in [0.3, 0.4) is 0 Å². The first-order valence-electron chi connectivity index (χ1n) is 5.24. The molecule has 0 bridgehead atoms. The molecule has 2 rings (SSSR count). The third kappa shape index (κ3) is 1.87. The largest absolute Gasteiger partial charge is 0.128 e. The van der Waals surface area contributed by atoms with Crippen molar-refractivity contribution < 1.29 is 0 Å². The maximum atomic E-state index is 2.36. The van der Waals surface area contributed by atoms with Gasteiger partial charge in [-0.2, -0.15) is 0 Å². The van der Waals surface area contributed by atoms with Gasteiger partial charge in [-0.3, -0.25) is 0 Å². The summed E-state index contributed by atoms with van der Waals surface area (Å²) in [5, 5.41) is 0.898. The van der Waals surface area contributed by atoms with Crippen LogP contribution in [0.1, 0.15) is 51.9 Å². The van der Waals surface area contributed by atoms with E-state index in [-0.39, 0.29) is 0 Å². The van der Waals surface area contributed by atoms with Gasteiger partial charge in [0.05, 0.1) is 0 Å². The van der Waals surface area contributed by atoms with Gasteiger partial charge in [0, 0.05) is 5.25 Å². The number of thioether (sulfide) groups is 1. The molecule has 2 aliphatic rings. The molecule has 1 heterocycles. The van der Waals surface area contributed by atoms with Crippen LogP contribution < -0.4 is 0 Å². The summed E-state index contributed by atoms with van der Waals surface area (Å²) < 4.78 is 0. The Hall–Kier alpha value is 0.0900. The van der Waals surface area contributed by atoms with Gasteiger partial charge >= 0.3 is 0 Å². The van der Waals surface area contributed by atoms with E-state index in [1.807, 2.05) is 5.57 Å². The van der Waals surface area contributed by atoms with E-state index in [9.17, 15) is 0 Å². The molecule has 2 fully saturated rings. The van der Waals surface area contributed by atoms with Crippen LogP contribution in [0.2, 0.25) is 0 Å². The van der Waals surface area contributed by atoms with E-state index in [1.165, 1.54) is 44.9 Å². The summed E-state index contributed by atoms with van der Waals surface area (Å²) in [7, 11) is 0. The fourth-order valence-corrected chi connectivity index (χ4v) is 3.54. The van der Waals surface area contributed by atoms with Crippen molar-refractivity contribution in [2.75, 3.05) is 0 Å². The Bertz CT molecular complexity index is 180. The summed E-state index contributed by atoms with van der Waals surface area (Å²) in [4.78, 5) is 1.77. The fourth-order valence-electron chi connectivity index (χ4n) is 2.21. The van der Waals surface area contributed by atoms with Gasteiger partial charge in [-0.1, -0.05) is 18.9 Å². The molecule has 1 aliphatic heterocycles. The first kappa shape index (κ1) is 8.68. The highest BCUT2D eigenvalue weighted by Gasteiger charge is 2.19. The minimum absolute atomic E-state index is 0.898. The predicted molar refractivity (Wildman–Crippen MR) is 56.4 cm³/mol. The first-order valence-corrected chi connectivity index (χ1v) is 6.12. The van der Waals surface area contributed by atoms with E-state index in [1.54, 1.807) is 4.91 Å². The van der Waals surface area contributed by atoms with Crippen LogP contribution in [0.4, 0.5) is 0 Å². The SMILES string of the molecule is CC1CCC(=C2CCCCC2)S1. The standard InChI is InChI=1S/C11H18S/c1-9-7-8-11(12-9)10-5-3-2-4-6-10/h9H,2-8H2,1H3. The van der Waals surface area contributed by atoms with Gasteiger partial charge in [-0.15, -0.1) is 11.8 Å². The molecule has 0 radical (unpaired) electrons. The quantitative estimate of drug-likeness (QED) is 0.543. The zero-order chi connectivity index (χ0) is 8.39. The summed E-state index contributed by atoms with van der Waals surface area (Å²) >= 11 is 2.15. The second kappa shape index (κ2) is 3.87. The molecule has 0 amide bonds. The summed E-state index contributed by atoms with van der Waals surface area (Å²) in [6, 6.07) is 0. The second-order valence-electron chi connectivity index (χ2n) is 4.05. The molecule has 0 N–H and O–H groups in total. The van der Waals surface area contributed by atoms with Gasteiger partial charge in [-0.25, -0.2) is 0 Å². The maximum absolute atomic E-state index is 2.36. The van der Waals surface area contributed by atoms with Crippen LogP contribution in [0, 0.1) is 0 Å². The lowest BCUT2D eigenvalue weighted by Gasteiger charge is -2.16. The van der Waals surface area contributed by atoms with Crippen molar-refractivity contribution in [1.29, 1.82) is 0 Å². The van der Waals surface area contributed by atoms with Crippen LogP contribution in [-0.4, -0.2) is 5.25 Å². The van der Waals surface area contributed by atoms with E-state index >= 15 is 0 Å². The Morgan fingerprint density at radius 2 is 1.83 bits per heavy atom. The predicted octanol–water partition coefficient (Wildman–Crippen LogP) is 4.12. The van der Waals surface area contributed by atoms with Crippen molar-refractivity contribution in [2.45, 2.75) is 57.1 Å². The van der Waals surface area contributed by atoms with Crippen molar-refractivity contribution in [3.63, 3.8) is 0 Å². The molecule has 12 heavy (non-hydrogen) atoms. The molecule has 0 aromatic carbocycles.